The monoisotopic (exact) mass is 490 g/mol. The van der Waals surface area contributed by atoms with E-state index in [1.54, 1.807) is 6.07 Å². The number of halogens is 1. The summed E-state index contributed by atoms with van der Waals surface area (Å²) in [5.41, 5.74) is 2.96. The molecule has 0 fully saturated rings. The summed E-state index contributed by atoms with van der Waals surface area (Å²) in [5, 5.41) is 8.75. The predicted molar refractivity (Wildman–Crippen MR) is 130 cm³/mol. The molecule has 0 radical (unpaired) electrons. The van der Waals surface area contributed by atoms with Crippen LogP contribution in [0.2, 0.25) is 0 Å². The topological polar surface area (TPSA) is 58.2 Å². The van der Waals surface area contributed by atoms with Gasteiger partial charge in [0.25, 0.3) is 11.8 Å². The number of nitrogens with one attached hydrogen (secondary N) is 2. The van der Waals surface area contributed by atoms with Gasteiger partial charge in [-0.05, 0) is 64.3 Å². The number of aryl methyl sites for hydroxylation is 1. The van der Waals surface area contributed by atoms with Gasteiger partial charge in [0.2, 0.25) is 0 Å². The largest absolute Gasteiger partial charge is 0.321 e. The van der Waals surface area contributed by atoms with Crippen LogP contribution in [0.1, 0.15) is 37.6 Å². The zero-order chi connectivity index (χ0) is 21.4. The van der Waals surface area contributed by atoms with Gasteiger partial charge in [-0.2, -0.15) is 0 Å². The van der Waals surface area contributed by atoms with E-state index in [9.17, 15) is 9.59 Å². The third-order valence-electron chi connectivity index (χ3n) is 5.53. The molecule has 0 spiro atoms. The molecule has 31 heavy (non-hydrogen) atoms. The van der Waals surface area contributed by atoms with Crippen molar-refractivity contribution in [2.24, 2.45) is 0 Å². The van der Waals surface area contributed by atoms with Crippen molar-refractivity contribution in [3.8, 4) is 0 Å². The third kappa shape index (κ3) is 3.77. The van der Waals surface area contributed by atoms with Crippen LogP contribution in [0, 0.1) is 0 Å². The molecular formula is C25H19BrN2O2S. The molecule has 0 saturated heterocycles. The molecule has 1 aromatic heterocycles. The molecule has 0 aliphatic heterocycles. The first-order chi connectivity index (χ1) is 15.1. The summed E-state index contributed by atoms with van der Waals surface area (Å²) < 4.78 is 0.721. The first-order valence-corrected chi connectivity index (χ1v) is 11.7. The number of carbonyl (C=O) groups is 2. The molecule has 0 saturated carbocycles. The van der Waals surface area contributed by atoms with Crippen molar-refractivity contribution in [3.05, 3.63) is 92.8 Å². The number of hydrogen-bond acceptors (Lipinski definition) is 3. The van der Waals surface area contributed by atoms with Gasteiger partial charge in [0.15, 0.2) is 0 Å². The Morgan fingerprint density at radius 3 is 2.48 bits per heavy atom. The number of benzene rings is 3. The molecule has 0 bridgehead atoms. The summed E-state index contributed by atoms with van der Waals surface area (Å²) in [5.74, 6) is -0.412. The first-order valence-electron chi connectivity index (χ1n) is 10.1. The fraction of sp³-hybridized carbons (Fsp3) is 0.120. The molecule has 5 rings (SSSR count). The summed E-state index contributed by atoms with van der Waals surface area (Å²) in [7, 11) is 0. The van der Waals surface area contributed by atoms with Crippen molar-refractivity contribution in [1.29, 1.82) is 0 Å². The van der Waals surface area contributed by atoms with Crippen LogP contribution in [0.3, 0.4) is 0 Å². The highest BCUT2D eigenvalue weighted by Crippen LogP contribution is 2.40. The second kappa shape index (κ2) is 8.29. The lowest BCUT2D eigenvalue weighted by Crippen LogP contribution is -2.18. The molecule has 4 nitrogen and oxygen atoms in total. The Morgan fingerprint density at radius 1 is 0.839 bits per heavy atom. The molecule has 6 heteroatoms. The van der Waals surface area contributed by atoms with Crippen LogP contribution in [0.15, 0.2) is 71.2 Å². The van der Waals surface area contributed by atoms with Crippen LogP contribution in [-0.2, 0) is 12.8 Å². The van der Waals surface area contributed by atoms with Crippen LogP contribution in [0.25, 0.3) is 10.8 Å². The minimum atomic E-state index is -0.230. The summed E-state index contributed by atoms with van der Waals surface area (Å²) in [6, 6.07) is 21.1. The summed E-state index contributed by atoms with van der Waals surface area (Å²) >= 11 is 4.94. The van der Waals surface area contributed by atoms with E-state index in [4.69, 9.17) is 0 Å². The Morgan fingerprint density at radius 2 is 1.61 bits per heavy atom. The van der Waals surface area contributed by atoms with Gasteiger partial charge in [0.05, 0.1) is 11.1 Å². The number of thiophene rings is 1. The maximum absolute atomic E-state index is 13.4. The van der Waals surface area contributed by atoms with E-state index in [0.717, 1.165) is 45.8 Å². The quantitative estimate of drug-likeness (QED) is 0.336. The van der Waals surface area contributed by atoms with Gasteiger partial charge < -0.3 is 10.6 Å². The smallest absolute Gasteiger partial charge is 0.258 e. The molecule has 1 aliphatic rings. The molecule has 4 aromatic rings. The highest BCUT2D eigenvalue weighted by atomic mass is 79.9. The second-order valence-corrected chi connectivity index (χ2v) is 9.44. The van der Waals surface area contributed by atoms with E-state index >= 15 is 0 Å². The Hall–Kier alpha value is -2.96. The van der Waals surface area contributed by atoms with E-state index in [0.29, 0.717) is 16.1 Å². The number of rotatable bonds is 4. The van der Waals surface area contributed by atoms with Gasteiger partial charge in [-0.1, -0.05) is 48.5 Å². The molecule has 1 aliphatic carbocycles. The molecule has 2 N–H and O–H groups in total. The minimum absolute atomic E-state index is 0.182. The standard InChI is InChI=1S/C25H19BrN2O2S/c26-19-12-4-3-10-17(19)23(29)28-25-22(18-11-6-14-21(18)31-25)24(30)27-20-13-5-8-15-7-1-2-9-16(15)20/h1-5,7-10,12-13H,6,11,14H2,(H,27,30)(H,28,29). The Bertz CT molecular complexity index is 1320. The van der Waals surface area contributed by atoms with Crippen LogP contribution < -0.4 is 10.6 Å². The Labute approximate surface area is 192 Å². The Balaban J connectivity index is 1.49. The highest BCUT2D eigenvalue weighted by Gasteiger charge is 2.28. The second-order valence-electron chi connectivity index (χ2n) is 7.48. The normalized spacial score (nSPS) is 12.5. The number of anilines is 2. The zero-order valence-corrected chi connectivity index (χ0v) is 19.0. The fourth-order valence-electron chi connectivity index (χ4n) is 4.07. The van der Waals surface area contributed by atoms with Crippen molar-refractivity contribution in [2.75, 3.05) is 10.6 Å². The average molecular weight is 491 g/mol. The van der Waals surface area contributed by atoms with E-state index < -0.39 is 0 Å². The van der Waals surface area contributed by atoms with Gasteiger partial charge in [0.1, 0.15) is 5.00 Å². The number of carbonyl (C=O) groups excluding carboxylic acids is 2. The van der Waals surface area contributed by atoms with Crippen molar-refractivity contribution in [1.82, 2.24) is 0 Å². The lowest BCUT2D eigenvalue weighted by molar-refractivity contribution is 0.102. The first kappa shape index (κ1) is 20.0. The third-order valence-corrected chi connectivity index (χ3v) is 7.43. The van der Waals surface area contributed by atoms with Gasteiger partial charge in [-0.15, -0.1) is 11.3 Å². The minimum Gasteiger partial charge on any atom is -0.321 e. The molecule has 154 valence electrons. The average Bonchev–Trinajstić information content (AvgIpc) is 3.35. The zero-order valence-electron chi connectivity index (χ0n) is 16.6. The van der Waals surface area contributed by atoms with Crippen molar-refractivity contribution >= 4 is 60.5 Å². The number of fused-ring (bicyclic) bond motifs is 2. The molecular weight excluding hydrogens is 472 g/mol. The molecule has 2 amide bonds. The molecule has 0 atom stereocenters. The molecule has 3 aromatic carbocycles. The summed E-state index contributed by atoms with van der Waals surface area (Å²) in [6.45, 7) is 0. The highest BCUT2D eigenvalue weighted by molar-refractivity contribution is 9.10. The van der Waals surface area contributed by atoms with Gasteiger partial charge >= 0.3 is 0 Å². The van der Waals surface area contributed by atoms with Crippen LogP contribution >= 0.6 is 27.3 Å². The van der Waals surface area contributed by atoms with Crippen LogP contribution in [0.4, 0.5) is 10.7 Å². The number of amides is 2. The molecule has 1 heterocycles. The van der Waals surface area contributed by atoms with Gasteiger partial charge in [-0.25, -0.2) is 0 Å². The lowest BCUT2D eigenvalue weighted by atomic mass is 10.1. The Kier molecular flexibility index (Phi) is 5.34. The summed E-state index contributed by atoms with van der Waals surface area (Å²) in [6.07, 6.45) is 2.84. The SMILES string of the molecule is O=C(Nc1sc2c(c1C(=O)Nc1cccc3ccccc13)CCC2)c1ccccc1Br. The van der Waals surface area contributed by atoms with E-state index in [-0.39, 0.29) is 11.8 Å². The van der Waals surface area contributed by atoms with Gasteiger partial charge in [0, 0.05) is 20.4 Å². The van der Waals surface area contributed by atoms with Gasteiger partial charge in [-0.3, -0.25) is 9.59 Å². The van der Waals surface area contributed by atoms with E-state index in [1.165, 1.54) is 16.2 Å². The summed E-state index contributed by atoms with van der Waals surface area (Å²) in [4.78, 5) is 27.5. The van der Waals surface area contributed by atoms with E-state index in [1.807, 2.05) is 60.7 Å². The number of hydrogen-bond donors (Lipinski definition) is 2. The van der Waals surface area contributed by atoms with Crippen molar-refractivity contribution in [2.45, 2.75) is 19.3 Å². The maximum atomic E-state index is 13.4. The fourth-order valence-corrected chi connectivity index (χ4v) is 5.81. The van der Waals surface area contributed by atoms with Crippen LogP contribution in [0.5, 0.6) is 0 Å². The molecule has 0 unspecified atom stereocenters. The predicted octanol–water partition coefficient (Wildman–Crippen LogP) is 6.66. The van der Waals surface area contributed by atoms with Crippen molar-refractivity contribution < 1.29 is 9.59 Å². The van der Waals surface area contributed by atoms with Crippen molar-refractivity contribution in [3.63, 3.8) is 0 Å². The van der Waals surface area contributed by atoms with Crippen LogP contribution in [-0.4, -0.2) is 11.8 Å². The lowest BCUT2D eigenvalue weighted by Gasteiger charge is -2.12. The van der Waals surface area contributed by atoms with E-state index in [2.05, 4.69) is 26.6 Å². The maximum Gasteiger partial charge on any atom is 0.258 e.